The van der Waals surface area contributed by atoms with Crippen molar-refractivity contribution >= 4 is 22.6 Å². The molecule has 0 saturated carbocycles. The van der Waals surface area contributed by atoms with E-state index in [0.29, 0.717) is 17.9 Å². The third-order valence-corrected chi connectivity index (χ3v) is 8.90. The van der Waals surface area contributed by atoms with Crippen LogP contribution >= 0.6 is 0 Å². The lowest BCUT2D eigenvalue weighted by Crippen LogP contribution is -2.42. The maximum Gasteiger partial charge on any atom is 0.326 e. The Kier molecular flexibility index (Phi) is 8.74. The number of hydrogen-bond donors (Lipinski definition) is 2. The predicted molar refractivity (Wildman–Crippen MR) is 169 cm³/mol. The number of carbonyl (C=O) groups is 2. The maximum atomic E-state index is 14.5. The van der Waals surface area contributed by atoms with Gasteiger partial charge in [-0.2, -0.15) is 0 Å². The predicted octanol–water partition coefficient (Wildman–Crippen LogP) is 5.76. The van der Waals surface area contributed by atoms with Crippen LogP contribution in [-0.2, 0) is 22.5 Å². The highest BCUT2D eigenvalue weighted by Crippen LogP contribution is 2.44. The molecule has 2 fully saturated rings. The van der Waals surface area contributed by atoms with Crippen LogP contribution in [0.25, 0.3) is 21.9 Å². The van der Waals surface area contributed by atoms with Crippen molar-refractivity contribution in [2.75, 3.05) is 27.3 Å². The van der Waals surface area contributed by atoms with E-state index in [1.165, 1.54) is 12.1 Å². The summed E-state index contributed by atoms with van der Waals surface area (Å²) in [6.07, 6.45) is 2.75. The number of rotatable bonds is 10. The zero-order valence-electron chi connectivity index (χ0n) is 25.6. The van der Waals surface area contributed by atoms with Gasteiger partial charge < -0.3 is 24.6 Å². The average Bonchev–Trinajstić information content (AvgIpc) is 3.37. The first-order valence-corrected chi connectivity index (χ1v) is 15.2. The van der Waals surface area contributed by atoms with Crippen molar-refractivity contribution in [2.45, 2.75) is 51.0 Å². The lowest BCUT2D eigenvalue weighted by molar-refractivity contribution is -0.139. The maximum absolute atomic E-state index is 14.5. The van der Waals surface area contributed by atoms with E-state index in [1.807, 2.05) is 48.5 Å². The number of carboxylic acid groups (broad SMARTS) is 1. The van der Waals surface area contributed by atoms with Gasteiger partial charge in [0.25, 0.3) is 5.91 Å². The molecule has 4 aromatic rings. The minimum absolute atomic E-state index is 0.00302. The number of halogens is 1. The van der Waals surface area contributed by atoms with E-state index in [4.69, 9.17) is 14.2 Å². The van der Waals surface area contributed by atoms with Crippen molar-refractivity contribution < 1.29 is 33.3 Å². The summed E-state index contributed by atoms with van der Waals surface area (Å²) in [5.74, 6) is -1.29. The van der Waals surface area contributed by atoms with Crippen molar-refractivity contribution in [2.24, 2.45) is 0 Å². The minimum atomic E-state index is -1.28. The Hall–Kier alpha value is -4.47. The van der Waals surface area contributed by atoms with Gasteiger partial charge in [-0.15, -0.1) is 0 Å². The molecule has 0 aromatic heterocycles. The van der Waals surface area contributed by atoms with Gasteiger partial charge in [-0.05, 0) is 59.4 Å². The molecule has 45 heavy (non-hydrogen) atoms. The Labute approximate surface area is 261 Å². The fourth-order valence-corrected chi connectivity index (χ4v) is 6.80. The van der Waals surface area contributed by atoms with E-state index in [0.717, 1.165) is 64.7 Å². The number of likely N-dealkylation sites (tertiary alicyclic amines) is 1. The Bertz CT molecular complexity index is 1730. The molecule has 6 rings (SSSR count). The van der Waals surface area contributed by atoms with Gasteiger partial charge in [0.1, 0.15) is 23.4 Å². The highest BCUT2D eigenvalue weighted by atomic mass is 19.1. The van der Waals surface area contributed by atoms with Gasteiger partial charge in [-0.25, -0.2) is 9.18 Å². The number of aryl methyl sites for hydroxylation is 1. The van der Waals surface area contributed by atoms with Crippen molar-refractivity contribution in [3.63, 3.8) is 0 Å². The summed E-state index contributed by atoms with van der Waals surface area (Å²) in [5, 5.41) is 14.3. The van der Waals surface area contributed by atoms with Crippen LogP contribution in [-0.4, -0.2) is 67.4 Å². The number of benzene rings is 4. The molecule has 0 radical (unpaired) electrons. The van der Waals surface area contributed by atoms with Gasteiger partial charge in [-0.3, -0.25) is 9.69 Å². The summed E-state index contributed by atoms with van der Waals surface area (Å²) in [6.45, 7) is 4.10. The first kappa shape index (κ1) is 30.6. The van der Waals surface area contributed by atoms with Gasteiger partial charge >= 0.3 is 5.97 Å². The average molecular weight is 613 g/mol. The number of carboxylic acids is 1. The van der Waals surface area contributed by atoms with Gasteiger partial charge in [0.15, 0.2) is 0 Å². The fraction of sp³-hybridized carbons (Fsp3) is 0.333. The molecule has 0 spiro atoms. The monoisotopic (exact) mass is 612 g/mol. The quantitative estimate of drug-likeness (QED) is 0.235. The Morgan fingerprint density at radius 3 is 2.36 bits per heavy atom. The zero-order chi connectivity index (χ0) is 31.7. The topological polar surface area (TPSA) is 97.3 Å². The second-order valence-corrected chi connectivity index (χ2v) is 11.8. The van der Waals surface area contributed by atoms with Crippen molar-refractivity contribution in [1.82, 2.24) is 10.2 Å². The number of methoxy groups -OCH3 is 2. The smallest absolute Gasteiger partial charge is 0.326 e. The summed E-state index contributed by atoms with van der Waals surface area (Å²) >= 11 is 0. The first-order valence-electron chi connectivity index (χ1n) is 15.2. The number of aliphatic carboxylic acids is 1. The summed E-state index contributed by atoms with van der Waals surface area (Å²) in [7, 11) is 3.30. The van der Waals surface area contributed by atoms with E-state index < -0.39 is 23.7 Å². The van der Waals surface area contributed by atoms with Crippen molar-refractivity contribution in [1.29, 1.82) is 0 Å². The van der Waals surface area contributed by atoms with Crippen LogP contribution < -0.4 is 14.8 Å². The molecule has 9 heteroatoms. The van der Waals surface area contributed by atoms with Crippen LogP contribution in [0.15, 0.2) is 66.7 Å². The second-order valence-electron chi connectivity index (χ2n) is 11.8. The van der Waals surface area contributed by atoms with E-state index >= 15 is 0 Å². The number of carbonyl (C=O) groups excluding carboxylic acids is 1. The minimum Gasteiger partial charge on any atom is -0.496 e. The zero-order valence-corrected chi connectivity index (χ0v) is 25.6. The highest BCUT2D eigenvalue weighted by Gasteiger charge is 2.34. The Balaban J connectivity index is 1.35. The van der Waals surface area contributed by atoms with Crippen LogP contribution in [0.5, 0.6) is 11.5 Å². The lowest BCUT2D eigenvalue weighted by Gasteiger charge is -2.32. The molecule has 0 aliphatic carbocycles. The SMILES string of the molecule is COc1ccc(CN2CC3CCC(C2)O3)c(OC)c1-c1cccc2c(C[C@H](NC(=O)c3c(C)cccc3F)C(=O)O)cccc12. The summed E-state index contributed by atoms with van der Waals surface area (Å²) in [4.78, 5) is 27.7. The molecule has 2 aliphatic heterocycles. The van der Waals surface area contributed by atoms with E-state index in [-0.39, 0.29) is 24.2 Å². The van der Waals surface area contributed by atoms with Gasteiger partial charge in [0.2, 0.25) is 0 Å². The molecule has 1 amide bonds. The largest absolute Gasteiger partial charge is 0.496 e. The Morgan fingerprint density at radius 1 is 0.956 bits per heavy atom. The van der Waals surface area contributed by atoms with Crippen LogP contribution in [0, 0.1) is 12.7 Å². The number of nitrogens with one attached hydrogen (secondary N) is 1. The van der Waals surface area contributed by atoms with Gasteiger partial charge in [0.05, 0.1) is 37.6 Å². The highest BCUT2D eigenvalue weighted by molar-refractivity contribution is 6.02. The van der Waals surface area contributed by atoms with Crippen LogP contribution in [0.4, 0.5) is 4.39 Å². The molecule has 2 N–H and O–H groups in total. The standard InChI is InChI=1S/C36H37FN2O6/c1-21-7-4-12-29(37)32(21)35(40)38-30(36(41)42)17-22-8-5-10-27-26(22)9-6-11-28(27)33-31(43-2)16-13-23(34(33)44-3)18-39-19-24-14-15-25(20-39)45-24/h4-13,16,24-25,30H,14-15,17-20H2,1-3H3,(H,38,40)(H,41,42)/t24?,25?,30-/m0/s1. The lowest BCUT2D eigenvalue weighted by atomic mass is 9.91. The summed E-state index contributed by atoms with van der Waals surface area (Å²) < 4.78 is 32.4. The molecule has 2 bridgehead atoms. The van der Waals surface area contributed by atoms with Crippen LogP contribution in [0.3, 0.4) is 0 Å². The van der Waals surface area contributed by atoms with E-state index in [2.05, 4.69) is 10.2 Å². The molecule has 234 valence electrons. The third kappa shape index (κ3) is 6.10. The third-order valence-electron chi connectivity index (χ3n) is 8.90. The van der Waals surface area contributed by atoms with Crippen molar-refractivity contribution in [3.8, 4) is 22.6 Å². The molecular weight excluding hydrogens is 575 g/mol. The van der Waals surface area contributed by atoms with E-state index in [1.54, 1.807) is 27.2 Å². The number of nitrogens with zero attached hydrogens (tertiary/aromatic N) is 1. The molecule has 4 aromatic carbocycles. The normalized spacial score (nSPS) is 18.5. The number of hydrogen-bond acceptors (Lipinski definition) is 6. The molecular formula is C36H37FN2O6. The molecule has 8 nitrogen and oxygen atoms in total. The number of amides is 1. The number of fused-ring (bicyclic) bond motifs is 3. The van der Waals surface area contributed by atoms with Crippen LogP contribution in [0.2, 0.25) is 0 Å². The first-order chi connectivity index (χ1) is 21.8. The molecule has 2 saturated heterocycles. The number of ether oxygens (including phenoxy) is 3. The Morgan fingerprint density at radius 2 is 1.67 bits per heavy atom. The molecule has 2 unspecified atom stereocenters. The van der Waals surface area contributed by atoms with Gasteiger partial charge in [0, 0.05) is 31.6 Å². The van der Waals surface area contributed by atoms with E-state index in [9.17, 15) is 19.1 Å². The summed E-state index contributed by atoms with van der Waals surface area (Å²) in [5.41, 5.74) is 3.73. The van der Waals surface area contributed by atoms with Crippen LogP contribution in [0.1, 0.15) is 39.9 Å². The second kappa shape index (κ2) is 12.9. The van der Waals surface area contributed by atoms with Crippen molar-refractivity contribution in [3.05, 3.63) is 94.8 Å². The van der Waals surface area contributed by atoms with Gasteiger partial charge in [-0.1, -0.05) is 54.6 Å². The molecule has 3 atom stereocenters. The summed E-state index contributed by atoms with van der Waals surface area (Å²) in [6, 6.07) is 18.6. The molecule has 2 aliphatic rings. The fourth-order valence-electron chi connectivity index (χ4n) is 6.80. The number of morpholine rings is 1. The molecule has 2 heterocycles.